The molecule has 0 atom stereocenters. The van der Waals surface area contributed by atoms with Gasteiger partial charge in [0, 0.05) is 25.4 Å². The van der Waals surface area contributed by atoms with E-state index in [0.29, 0.717) is 11.7 Å². The number of hydrogen-bond donors (Lipinski definition) is 1. The molecule has 0 spiro atoms. The molecule has 0 bridgehead atoms. The standard InChI is InChI=1S/C14H17N3OS/c1-3-17(2)14(18)16-13-15-12(10-19-13)9-11-7-5-4-6-8-11/h4-8,10H,3,9H2,1-2H3,(H,15,16,18). The third kappa shape index (κ3) is 3.79. The molecule has 1 N–H and O–H groups in total. The van der Waals surface area contributed by atoms with E-state index in [9.17, 15) is 4.79 Å². The molecule has 4 nitrogen and oxygen atoms in total. The van der Waals surface area contributed by atoms with Crippen molar-refractivity contribution in [3.05, 3.63) is 47.0 Å². The Bertz CT molecular complexity index is 539. The Labute approximate surface area is 117 Å². The van der Waals surface area contributed by atoms with Crippen molar-refractivity contribution < 1.29 is 4.79 Å². The van der Waals surface area contributed by atoms with Crippen molar-refractivity contribution in [3.63, 3.8) is 0 Å². The fourth-order valence-electron chi connectivity index (χ4n) is 1.58. The van der Waals surface area contributed by atoms with Crippen LogP contribution >= 0.6 is 11.3 Å². The topological polar surface area (TPSA) is 45.2 Å². The van der Waals surface area contributed by atoms with E-state index in [-0.39, 0.29) is 6.03 Å². The summed E-state index contributed by atoms with van der Waals surface area (Å²) in [5.74, 6) is 0. The number of urea groups is 1. The summed E-state index contributed by atoms with van der Waals surface area (Å²) < 4.78 is 0. The fraction of sp³-hybridized carbons (Fsp3) is 0.286. The predicted octanol–water partition coefficient (Wildman–Crippen LogP) is 3.22. The van der Waals surface area contributed by atoms with Crippen LogP contribution in [0.15, 0.2) is 35.7 Å². The first-order chi connectivity index (χ1) is 9.19. The van der Waals surface area contributed by atoms with E-state index in [1.807, 2.05) is 30.5 Å². The number of anilines is 1. The van der Waals surface area contributed by atoms with Gasteiger partial charge in [-0.1, -0.05) is 30.3 Å². The van der Waals surface area contributed by atoms with Crippen LogP contribution in [0.4, 0.5) is 9.93 Å². The normalized spacial score (nSPS) is 10.2. The third-order valence-corrected chi connectivity index (χ3v) is 3.62. The zero-order valence-electron chi connectivity index (χ0n) is 11.1. The average Bonchev–Trinajstić information content (AvgIpc) is 2.86. The molecule has 2 aromatic rings. The van der Waals surface area contributed by atoms with Crippen LogP contribution in [-0.2, 0) is 6.42 Å². The molecule has 2 rings (SSSR count). The first kappa shape index (κ1) is 13.5. The lowest BCUT2D eigenvalue weighted by Gasteiger charge is -2.13. The summed E-state index contributed by atoms with van der Waals surface area (Å²) >= 11 is 1.46. The quantitative estimate of drug-likeness (QED) is 0.931. The van der Waals surface area contributed by atoms with Crippen LogP contribution in [-0.4, -0.2) is 29.5 Å². The molecule has 100 valence electrons. The number of carbonyl (C=O) groups excluding carboxylic acids is 1. The van der Waals surface area contributed by atoms with Gasteiger partial charge in [0.1, 0.15) is 0 Å². The lowest BCUT2D eigenvalue weighted by molar-refractivity contribution is 0.224. The summed E-state index contributed by atoms with van der Waals surface area (Å²) in [6, 6.07) is 10.0. The van der Waals surface area contributed by atoms with Gasteiger partial charge in [-0.25, -0.2) is 9.78 Å². The van der Waals surface area contributed by atoms with Gasteiger partial charge in [-0.05, 0) is 12.5 Å². The van der Waals surface area contributed by atoms with Crippen LogP contribution < -0.4 is 5.32 Å². The fourth-order valence-corrected chi connectivity index (χ4v) is 2.28. The number of hydrogen-bond acceptors (Lipinski definition) is 3. The second-order valence-electron chi connectivity index (χ2n) is 4.25. The third-order valence-electron chi connectivity index (χ3n) is 2.81. The molecule has 0 aliphatic carbocycles. The molecule has 0 aliphatic rings. The van der Waals surface area contributed by atoms with Crippen LogP contribution in [0, 0.1) is 0 Å². The molecule has 0 saturated carbocycles. The van der Waals surface area contributed by atoms with Gasteiger partial charge in [-0.2, -0.15) is 0 Å². The van der Waals surface area contributed by atoms with Gasteiger partial charge in [0.2, 0.25) is 0 Å². The summed E-state index contributed by atoms with van der Waals surface area (Å²) in [7, 11) is 1.76. The highest BCUT2D eigenvalue weighted by molar-refractivity contribution is 7.13. The highest BCUT2D eigenvalue weighted by atomic mass is 32.1. The van der Waals surface area contributed by atoms with E-state index in [0.717, 1.165) is 12.1 Å². The molecular formula is C14H17N3OS. The molecule has 1 heterocycles. The van der Waals surface area contributed by atoms with Gasteiger partial charge in [-0.3, -0.25) is 5.32 Å². The van der Waals surface area contributed by atoms with E-state index in [1.165, 1.54) is 16.9 Å². The number of amides is 2. The van der Waals surface area contributed by atoms with Crippen LogP contribution in [0.3, 0.4) is 0 Å². The Morgan fingerprint density at radius 1 is 1.37 bits per heavy atom. The summed E-state index contributed by atoms with van der Waals surface area (Å²) in [6.45, 7) is 2.61. The lowest BCUT2D eigenvalue weighted by atomic mass is 10.1. The van der Waals surface area contributed by atoms with Crippen molar-refractivity contribution in [1.82, 2.24) is 9.88 Å². The summed E-state index contributed by atoms with van der Waals surface area (Å²) in [4.78, 5) is 17.7. The molecule has 0 aliphatic heterocycles. The van der Waals surface area contributed by atoms with Crippen LogP contribution in [0.25, 0.3) is 0 Å². The molecule has 0 saturated heterocycles. The lowest BCUT2D eigenvalue weighted by Crippen LogP contribution is -2.30. The Balaban J connectivity index is 1.98. The second kappa shape index (κ2) is 6.33. The van der Waals surface area contributed by atoms with E-state index in [1.54, 1.807) is 11.9 Å². The first-order valence-corrected chi connectivity index (χ1v) is 7.07. The van der Waals surface area contributed by atoms with Gasteiger partial charge in [0.25, 0.3) is 0 Å². The number of nitrogens with one attached hydrogen (secondary N) is 1. The van der Waals surface area contributed by atoms with Gasteiger partial charge >= 0.3 is 6.03 Å². The molecule has 1 aromatic heterocycles. The van der Waals surface area contributed by atoms with Crippen molar-refractivity contribution in [3.8, 4) is 0 Å². The largest absolute Gasteiger partial charge is 0.328 e. The Kier molecular flexibility index (Phi) is 4.52. The van der Waals surface area contributed by atoms with Crippen molar-refractivity contribution in [1.29, 1.82) is 0 Å². The molecular weight excluding hydrogens is 258 g/mol. The monoisotopic (exact) mass is 275 g/mol. The molecule has 0 fully saturated rings. The molecule has 1 aromatic carbocycles. The minimum atomic E-state index is -0.122. The molecule has 5 heteroatoms. The zero-order chi connectivity index (χ0) is 13.7. The number of carbonyl (C=O) groups is 1. The molecule has 0 unspecified atom stereocenters. The first-order valence-electron chi connectivity index (χ1n) is 6.19. The Hall–Kier alpha value is -1.88. The minimum Gasteiger partial charge on any atom is -0.328 e. The highest BCUT2D eigenvalue weighted by Gasteiger charge is 2.09. The SMILES string of the molecule is CCN(C)C(=O)Nc1nc(Cc2ccccc2)cs1. The Morgan fingerprint density at radius 3 is 2.79 bits per heavy atom. The van der Waals surface area contributed by atoms with Crippen molar-refractivity contribution >= 4 is 22.5 Å². The molecule has 2 amide bonds. The van der Waals surface area contributed by atoms with E-state index >= 15 is 0 Å². The highest BCUT2D eigenvalue weighted by Crippen LogP contribution is 2.18. The number of benzene rings is 1. The van der Waals surface area contributed by atoms with Crippen LogP contribution in [0.5, 0.6) is 0 Å². The predicted molar refractivity (Wildman–Crippen MR) is 78.7 cm³/mol. The smallest absolute Gasteiger partial charge is 0.323 e. The molecule has 19 heavy (non-hydrogen) atoms. The maximum Gasteiger partial charge on any atom is 0.323 e. The number of nitrogens with zero attached hydrogens (tertiary/aromatic N) is 2. The Morgan fingerprint density at radius 2 is 2.11 bits per heavy atom. The number of aromatic nitrogens is 1. The molecule has 0 radical (unpaired) electrons. The minimum absolute atomic E-state index is 0.122. The van der Waals surface area contributed by atoms with E-state index in [2.05, 4.69) is 22.4 Å². The second-order valence-corrected chi connectivity index (χ2v) is 5.11. The maximum atomic E-state index is 11.7. The van der Waals surface area contributed by atoms with Gasteiger partial charge < -0.3 is 4.90 Å². The van der Waals surface area contributed by atoms with Gasteiger partial charge in [0.15, 0.2) is 5.13 Å². The van der Waals surface area contributed by atoms with Crippen molar-refractivity contribution in [2.24, 2.45) is 0 Å². The summed E-state index contributed by atoms with van der Waals surface area (Å²) in [5.41, 5.74) is 2.20. The number of thiazole rings is 1. The van der Waals surface area contributed by atoms with E-state index < -0.39 is 0 Å². The van der Waals surface area contributed by atoms with Crippen LogP contribution in [0.2, 0.25) is 0 Å². The summed E-state index contributed by atoms with van der Waals surface area (Å²) in [6.07, 6.45) is 0.789. The van der Waals surface area contributed by atoms with Crippen molar-refractivity contribution in [2.45, 2.75) is 13.3 Å². The van der Waals surface area contributed by atoms with Gasteiger partial charge in [0.05, 0.1) is 5.69 Å². The van der Waals surface area contributed by atoms with Gasteiger partial charge in [-0.15, -0.1) is 11.3 Å². The van der Waals surface area contributed by atoms with Crippen LogP contribution in [0.1, 0.15) is 18.2 Å². The van der Waals surface area contributed by atoms with Crippen molar-refractivity contribution in [2.75, 3.05) is 18.9 Å². The maximum absolute atomic E-state index is 11.7. The average molecular weight is 275 g/mol. The zero-order valence-corrected chi connectivity index (χ0v) is 11.9. The number of rotatable bonds is 4. The van der Waals surface area contributed by atoms with E-state index in [4.69, 9.17) is 0 Å². The summed E-state index contributed by atoms with van der Waals surface area (Å²) in [5, 5.41) is 5.42.